The summed E-state index contributed by atoms with van der Waals surface area (Å²) in [7, 11) is 0. The van der Waals surface area contributed by atoms with E-state index < -0.39 is 6.10 Å². The molecule has 0 amide bonds. The van der Waals surface area contributed by atoms with Crippen molar-refractivity contribution in [2.75, 3.05) is 6.61 Å². The van der Waals surface area contributed by atoms with Gasteiger partial charge in [0.05, 0.1) is 12.2 Å². The Kier molecular flexibility index (Phi) is 4.02. The number of rotatable bonds is 4. The maximum atomic E-state index is 10.3. The van der Waals surface area contributed by atoms with Crippen molar-refractivity contribution in [1.29, 1.82) is 0 Å². The van der Waals surface area contributed by atoms with Crippen LogP contribution in [0.2, 0.25) is 0 Å². The second-order valence-electron chi connectivity index (χ2n) is 4.70. The first-order valence-electron chi connectivity index (χ1n) is 6.23. The lowest BCUT2D eigenvalue weighted by Crippen LogP contribution is -2.19. The molecule has 0 spiro atoms. The van der Waals surface area contributed by atoms with Crippen LogP contribution in [-0.2, 0) is 4.74 Å². The molecule has 2 rings (SSSR count). The zero-order valence-corrected chi connectivity index (χ0v) is 10.4. The Labute approximate surface area is 102 Å². The molecule has 17 heavy (non-hydrogen) atoms. The number of hydrogen-bond donors (Lipinski definition) is 1. The van der Waals surface area contributed by atoms with E-state index in [1.54, 1.807) is 0 Å². The van der Waals surface area contributed by atoms with Gasteiger partial charge in [0.2, 0.25) is 0 Å². The minimum absolute atomic E-state index is 0.0908. The van der Waals surface area contributed by atoms with E-state index in [9.17, 15) is 5.11 Å². The first-order chi connectivity index (χ1) is 8.18. The van der Waals surface area contributed by atoms with Crippen molar-refractivity contribution in [3.05, 3.63) is 29.8 Å². The van der Waals surface area contributed by atoms with Crippen LogP contribution in [0.25, 0.3) is 0 Å². The van der Waals surface area contributed by atoms with Gasteiger partial charge in [-0.25, -0.2) is 0 Å². The fourth-order valence-electron chi connectivity index (χ4n) is 2.14. The monoisotopic (exact) mass is 236 g/mol. The number of ether oxygens (including phenoxy) is 2. The lowest BCUT2D eigenvalue weighted by Gasteiger charge is -2.21. The smallest absolute Gasteiger partial charge is 0.125 e. The van der Waals surface area contributed by atoms with Gasteiger partial charge in [-0.15, -0.1) is 0 Å². The fourth-order valence-corrected chi connectivity index (χ4v) is 2.14. The molecule has 1 aromatic carbocycles. The standard InChI is InChI=1S/C14H20O3/c1-10(2)17-12-7-4-3-6-11(12)14(15)13-8-5-9-16-13/h3-4,6-7,10,13-15H,5,8-9H2,1-2H3. The fraction of sp³-hybridized carbons (Fsp3) is 0.571. The van der Waals surface area contributed by atoms with E-state index in [0.29, 0.717) is 0 Å². The molecule has 2 unspecified atom stereocenters. The molecule has 1 heterocycles. The van der Waals surface area contributed by atoms with Crippen molar-refractivity contribution in [1.82, 2.24) is 0 Å². The Balaban J connectivity index is 2.18. The molecular formula is C14H20O3. The molecule has 1 aliphatic heterocycles. The summed E-state index contributed by atoms with van der Waals surface area (Å²) < 4.78 is 11.2. The van der Waals surface area contributed by atoms with Crippen LogP contribution in [0.1, 0.15) is 38.4 Å². The largest absolute Gasteiger partial charge is 0.491 e. The van der Waals surface area contributed by atoms with E-state index >= 15 is 0 Å². The van der Waals surface area contributed by atoms with E-state index in [-0.39, 0.29) is 12.2 Å². The quantitative estimate of drug-likeness (QED) is 0.873. The molecule has 3 heteroatoms. The molecular weight excluding hydrogens is 216 g/mol. The molecule has 0 aromatic heterocycles. The number of aliphatic hydroxyl groups excluding tert-OH is 1. The molecule has 1 saturated heterocycles. The van der Waals surface area contributed by atoms with Crippen molar-refractivity contribution >= 4 is 0 Å². The van der Waals surface area contributed by atoms with Gasteiger partial charge in [-0.3, -0.25) is 0 Å². The van der Waals surface area contributed by atoms with E-state index in [4.69, 9.17) is 9.47 Å². The summed E-state index contributed by atoms with van der Waals surface area (Å²) in [6.45, 7) is 4.71. The SMILES string of the molecule is CC(C)Oc1ccccc1C(O)C1CCCO1. The summed E-state index contributed by atoms with van der Waals surface area (Å²) in [5.74, 6) is 0.755. The third-order valence-corrected chi connectivity index (χ3v) is 2.92. The highest BCUT2D eigenvalue weighted by Crippen LogP contribution is 2.32. The Hall–Kier alpha value is -1.06. The van der Waals surface area contributed by atoms with Crippen LogP contribution in [0.15, 0.2) is 24.3 Å². The molecule has 1 fully saturated rings. The summed E-state index contributed by atoms with van der Waals surface area (Å²) in [5, 5.41) is 10.3. The van der Waals surface area contributed by atoms with Crippen LogP contribution < -0.4 is 4.74 Å². The van der Waals surface area contributed by atoms with Crippen LogP contribution in [0.5, 0.6) is 5.75 Å². The Bertz CT molecular complexity index is 356. The van der Waals surface area contributed by atoms with E-state index in [1.807, 2.05) is 38.1 Å². The molecule has 1 N–H and O–H groups in total. The molecule has 94 valence electrons. The van der Waals surface area contributed by atoms with Crippen LogP contribution in [0.3, 0.4) is 0 Å². The minimum atomic E-state index is -0.590. The van der Waals surface area contributed by atoms with Gasteiger partial charge >= 0.3 is 0 Å². The molecule has 0 aliphatic carbocycles. The van der Waals surface area contributed by atoms with Gasteiger partial charge in [-0.2, -0.15) is 0 Å². The molecule has 0 radical (unpaired) electrons. The summed E-state index contributed by atoms with van der Waals surface area (Å²) in [4.78, 5) is 0. The molecule has 3 nitrogen and oxygen atoms in total. The molecule has 1 aliphatic rings. The highest BCUT2D eigenvalue weighted by molar-refractivity contribution is 5.35. The average molecular weight is 236 g/mol. The highest BCUT2D eigenvalue weighted by Gasteiger charge is 2.27. The Morgan fingerprint density at radius 1 is 1.35 bits per heavy atom. The number of benzene rings is 1. The second-order valence-corrected chi connectivity index (χ2v) is 4.70. The number of hydrogen-bond acceptors (Lipinski definition) is 3. The van der Waals surface area contributed by atoms with Crippen LogP contribution >= 0.6 is 0 Å². The summed E-state index contributed by atoms with van der Waals surface area (Å²) in [6, 6.07) is 7.64. The highest BCUT2D eigenvalue weighted by atomic mass is 16.5. The van der Waals surface area contributed by atoms with E-state index in [2.05, 4.69) is 0 Å². The first kappa shape index (κ1) is 12.4. The van der Waals surface area contributed by atoms with Gasteiger partial charge in [-0.1, -0.05) is 18.2 Å². The van der Waals surface area contributed by atoms with Crippen molar-refractivity contribution in [2.24, 2.45) is 0 Å². The van der Waals surface area contributed by atoms with Gasteiger partial charge in [0.25, 0.3) is 0 Å². The summed E-state index contributed by atoms with van der Waals surface area (Å²) >= 11 is 0. The molecule has 0 saturated carbocycles. The Morgan fingerprint density at radius 3 is 2.76 bits per heavy atom. The van der Waals surface area contributed by atoms with Crippen molar-refractivity contribution in [3.63, 3.8) is 0 Å². The van der Waals surface area contributed by atoms with Crippen LogP contribution in [0.4, 0.5) is 0 Å². The zero-order chi connectivity index (χ0) is 12.3. The molecule has 1 aromatic rings. The lowest BCUT2D eigenvalue weighted by molar-refractivity contribution is -0.00424. The van der Waals surface area contributed by atoms with Gasteiger partial charge in [-0.05, 0) is 32.8 Å². The van der Waals surface area contributed by atoms with Crippen LogP contribution in [-0.4, -0.2) is 23.9 Å². The summed E-state index contributed by atoms with van der Waals surface area (Å²) in [6.07, 6.45) is 1.36. The first-order valence-corrected chi connectivity index (χ1v) is 6.23. The lowest BCUT2D eigenvalue weighted by atomic mass is 10.0. The van der Waals surface area contributed by atoms with Gasteiger partial charge in [0, 0.05) is 12.2 Å². The molecule has 2 atom stereocenters. The maximum Gasteiger partial charge on any atom is 0.125 e. The number of aliphatic hydroxyl groups is 1. The Morgan fingerprint density at radius 2 is 2.12 bits per heavy atom. The van der Waals surface area contributed by atoms with Gasteiger partial charge in [0.15, 0.2) is 0 Å². The predicted molar refractivity (Wildman–Crippen MR) is 66.1 cm³/mol. The average Bonchev–Trinajstić information content (AvgIpc) is 2.81. The topological polar surface area (TPSA) is 38.7 Å². The van der Waals surface area contributed by atoms with E-state index in [1.165, 1.54) is 0 Å². The van der Waals surface area contributed by atoms with Crippen molar-refractivity contribution < 1.29 is 14.6 Å². The van der Waals surface area contributed by atoms with E-state index in [0.717, 1.165) is 30.8 Å². The van der Waals surface area contributed by atoms with Crippen molar-refractivity contribution in [2.45, 2.75) is 45.0 Å². The second kappa shape index (κ2) is 5.52. The normalized spacial score (nSPS) is 21.8. The zero-order valence-electron chi connectivity index (χ0n) is 10.4. The van der Waals surface area contributed by atoms with Crippen LogP contribution in [0, 0.1) is 0 Å². The summed E-state index contributed by atoms with van der Waals surface area (Å²) in [5.41, 5.74) is 0.827. The minimum Gasteiger partial charge on any atom is -0.491 e. The van der Waals surface area contributed by atoms with Gasteiger partial charge < -0.3 is 14.6 Å². The van der Waals surface area contributed by atoms with Crippen molar-refractivity contribution in [3.8, 4) is 5.75 Å². The third kappa shape index (κ3) is 2.99. The molecule has 0 bridgehead atoms. The third-order valence-electron chi connectivity index (χ3n) is 2.92. The maximum absolute atomic E-state index is 10.3. The number of para-hydroxylation sites is 1. The van der Waals surface area contributed by atoms with Gasteiger partial charge in [0.1, 0.15) is 11.9 Å². The predicted octanol–water partition coefficient (Wildman–Crippen LogP) is 2.69.